The Kier molecular flexibility index (Phi) is 4.37. The van der Waals surface area contributed by atoms with Crippen LogP contribution in [0.4, 0.5) is 5.69 Å². The quantitative estimate of drug-likeness (QED) is 0.635. The number of esters is 1. The minimum Gasteiger partial charge on any atom is -0.460 e. The zero-order valence-corrected chi connectivity index (χ0v) is 15.1. The van der Waals surface area contributed by atoms with Crippen molar-refractivity contribution in [3.05, 3.63) is 59.6 Å². The normalized spacial score (nSPS) is 14.8. The standard InChI is InChI=1S/C21H22N2O3/c1-3-23-13-19(20(24)25-4-2)26-21(23)22-18-12-11-15(14-9-10-14)16-7-5-6-8-17(16)18/h5-8,11-14H,3-4,9-10H2,1-2H3. The number of oxazole rings is 1. The second-order valence-electron chi connectivity index (χ2n) is 6.49. The van der Waals surface area contributed by atoms with Gasteiger partial charge in [0.1, 0.15) is 0 Å². The maximum Gasteiger partial charge on any atom is 0.375 e. The van der Waals surface area contributed by atoms with Crippen molar-refractivity contribution in [3.8, 4) is 0 Å². The van der Waals surface area contributed by atoms with Crippen molar-refractivity contribution in [2.24, 2.45) is 4.99 Å². The number of ether oxygens (including phenoxy) is 1. The fourth-order valence-electron chi connectivity index (χ4n) is 3.25. The van der Waals surface area contributed by atoms with E-state index in [9.17, 15) is 4.79 Å². The molecule has 0 amide bonds. The Labute approximate surface area is 151 Å². The highest BCUT2D eigenvalue weighted by molar-refractivity contribution is 5.95. The molecule has 134 valence electrons. The predicted molar refractivity (Wildman–Crippen MR) is 99.5 cm³/mol. The Hall–Kier alpha value is -2.82. The van der Waals surface area contributed by atoms with Gasteiger partial charge >= 0.3 is 11.7 Å². The Bertz CT molecular complexity index is 1030. The van der Waals surface area contributed by atoms with Crippen LogP contribution < -0.4 is 5.68 Å². The number of carbonyl (C=O) groups excluding carboxylic acids is 1. The van der Waals surface area contributed by atoms with Crippen molar-refractivity contribution >= 4 is 22.4 Å². The first kappa shape index (κ1) is 16.6. The molecule has 2 aromatic carbocycles. The van der Waals surface area contributed by atoms with Gasteiger partial charge in [-0.05, 0) is 49.6 Å². The van der Waals surface area contributed by atoms with E-state index in [4.69, 9.17) is 14.1 Å². The van der Waals surface area contributed by atoms with Gasteiger partial charge in [0, 0.05) is 11.9 Å². The van der Waals surface area contributed by atoms with Gasteiger partial charge in [-0.25, -0.2) is 4.79 Å². The Morgan fingerprint density at radius 3 is 2.65 bits per heavy atom. The van der Waals surface area contributed by atoms with Gasteiger partial charge in [-0.3, -0.25) is 4.57 Å². The van der Waals surface area contributed by atoms with Crippen molar-refractivity contribution in [1.82, 2.24) is 4.57 Å². The van der Waals surface area contributed by atoms with Crippen LogP contribution in [0.15, 0.2) is 52.0 Å². The molecule has 3 aromatic rings. The highest BCUT2D eigenvalue weighted by Gasteiger charge is 2.25. The summed E-state index contributed by atoms with van der Waals surface area (Å²) < 4.78 is 12.5. The second-order valence-corrected chi connectivity index (χ2v) is 6.49. The van der Waals surface area contributed by atoms with Crippen LogP contribution >= 0.6 is 0 Å². The summed E-state index contributed by atoms with van der Waals surface area (Å²) in [7, 11) is 0. The first-order chi connectivity index (χ1) is 12.7. The SMILES string of the molecule is CCOC(=O)c1cn(CC)c(=Nc2ccc(C3CC3)c3ccccc23)o1. The average Bonchev–Trinajstić information content (AvgIpc) is 3.42. The van der Waals surface area contributed by atoms with Gasteiger partial charge in [0.05, 0.1) is 18.5 Å². The molecule has 0 unspecified atom stereocenters. The molecule has 0 aliphatic heterocycles. The first-order valence-electron chi connectivity index (χ1n) is 9.15. The van der Waals surface area contributed by atoms with Gasteiger partial charge in [0.15, 0.2) is 0 Å². The number of fused-ring (bicyclic) bond motifs is 1. The Balaban J connectivity index is 1.84. The Morgan fingerprint density at radius 2 is 1.96 bits per heavy atom. The van der Waals surface area contributed by atoms with E-state index in [1.54, 1.807) is 13.1 Å². The van der Waals surface area contributed by atoms with Crippen molar-refractivity contribution in [3.63, 3.8) is 0 Å². The van der Waals surface area contributed by atoms with Crippen LogP contribution in [0.3, 0.4) is 0 Å². The molecule has 1 aliphatic rings. The van der Waals surface area contributed by atoms with Crippen LogP contribution in [0.5, 0.6) is 0 Å². The van der Waals surface area contributed by atoms with Crippen LogP contribution in [0.2, 0.25) is 0 Å². The molecule has 0 atom stereocenters. The summed E-state index contributed by atoms with van der Waals surface area (Å²) in [6.45, 7) is 4.72. The molecule has 0 spiro atoms. The third kappa shape index (κ3) is 3.05. The van der Waals surface area contributed by atoms with Crippen molar-refractivity contribution in [1.29, 1.82) is 0 Å². The molecule has 0 saturated heterocycles. The van der Waals surface area contributed by atoms with Crippen LogP contribution in [0.25, 0.3) is 10.8 Å². The molecule has 5 nitrogen and oxygen atoms in total. The summed E-state index contributed by atoms with van der Waals surface area (Å²) in [4.78, 5) is 16.7. The second kappa shape index (κ2) is 6.83. The fourth-order valence-corrected chi connectivity index (χ4v) is 3.25. The molecular weight excluding hydrogens is 328 g/mol. The number of rotatable bonds is 5. The summed E-state index contributed by atoms with van der Waals surface area (Å²) in [5.41, 5.74) is 2.64. The molecule has 4 rings (SSSR count). The van der Waals surface area contributed by atoms with E-state index in [-0.39, 0.29) is 5.76 Å². The maximum absolute atomic E-state index is 11.9. The van der Waals surface area contributed by atoms with Gasteiger partial charge in [-0.1, -0.05) is 30.3 Å². The number of hydrogen-bond acceptors (Lipinski definition) is 4. The van der Waals surface area contributed by atoms with E-state index in [1.165, 1.54) is 23.8 Å². The maximum atomic E-state index is 11.9. The zero-order valence-electron chi connectivity index (χ0n) is 15.1. The first-order valence-corrected chi connectivity index (χ1v) is 9.15. The van der Waals surface area contributed by atoms with Crippen molar-refractivity contribution in [2.75, 3.05) is 6.61 Å². The van der Waals surface area contributed by atoms with Crippen LogP contribution in [-0.4, -0.2) is 17.1 Å². The molecule has 1 aliphatic carbocycles. The fraction of sp³-hybridized carbons (Fsp3) is 0.333. The zero-order chi connectivity index (χ0) is 18.1. The van der Waals surface area contributed by atoms with Gasteiger partial charge < -0.3 is 9.15 Å². The summed E-state index contributed by atoms with van der Waals surface area (Å²) >= 11 is 0. The lowest BCUT2D eigenvalue weighted by Gasteiger charge is -2.07. The van der Waals surface area contributed by atoms with E-state index in [0.29, 0.717) is 24.8 Å². The molecule has 0 N–H and O–H groups in total. The van der Waals surface area contributed by atoms with E-state index in [1.807, 2.05) is 23.6 Å². The minimum atomic E-state index is -0.468. The van der Waals surface area contributed by atoms with E-state index < -0.39 is 5.97 Å². The summed E-state index contributed by atoms with van der Waals surface area (Å²) in [5.74, 6) is 0.380. The Morgan fingerprint density at radius 1 is 1.19 bits per heavy atom. The number of aromatic nitrogens is 1. The number of carbonyl (C=O) groups is 1. The predicted octanol–water partition coefficient (Wildman–Crippen LogP) is 4.54. The van der Waals surface area contributed by atoms with Gasteiger partial charge in [-0.2, -0.15) is 4.99 Å². The average molecular weight is 350 g/mol. The van der Waals surface area contributed by atoms with E-state index in [2.05, 4.69) is 24.3 Å². The lowest BCUT2D eigenvalue weighted by atomic mass is 10.00. The van der Waals surface area contributed by atoms with E-state index >= 15 is 0 Å². The molecule has 1 heterocycles. The molecule has 0 bridgehead atoms. The van der Waals surface area contributed by atoms with Crippen LogP contribution in [0, 0.1) is 0 Å². The summed E-state index contributed by atoms with van der Waals surface area (Å²) in [6, 6.07) is 12.6. The molecular formula is C21H22N2O3. The largest absolute Gasteiger partial charge is 0.460 e. The lowest BCUT2D eigenvalue weighted by Crippen LogP contribution is -2.13. The molecule has 1 fully saturated rings. The lowest BCUT2D eigenvalue weighted by molar-refractivity contribution is 0.0487. The minimum absolute atomic E-state index is 0.173. The molecule has 5 heteroatoms. The molecule has 1 aromatic heterocycles. The number of nitrogens with zero attached hydrogens (tertiary/aromatic N) is 2. The topological polar surface area (TPSA) is 56.7 Å². The number of benzene rings is 2. The third-order valence-electron chi connectivity index (χ3n) is 4.71. The smallest absolute Gasteiger partial charge is 0.375 e. The third-order valence-corrected chi connectivity index (χ3v) is 4.71. The van der Waals surface area contributed by atoms with E-state index in [0.717, 1.165) is 11.1 Å². The highest BCUT2D eigenvalue weighted by Crippen LogP contribution is 2.44. The van der Waals surface area contributed by atoms with Crippen LogP contribution in [0.1, 0.15) is 48.7 Å². The monoisotopic (exact) mass is 350 g/mol. The van der Waals surface area contributed by atoms with Crippen molar-refractivity contribution in [2.45, 2.75) is 39.2 Å². The molecule has 0 radical (unpaired) electrons. The molecule has 1 saturated carbocycles. The van der Waals surface area contributed by atoms with Gasteiger partial charge in [0.2, 0.25) is 5.76 Å². The highest BCUT2D eigenvalue weighted by atomic mass is 16.5. The summed E-state index contributed by atoms with van der Waals surface area (Å²) in [5, 5.41) is 2.35. The summed E-state index contributed by atoms with van der Waals surface area (Å²) in [6.07, 6.45) is 4.17. The van der Waals surface area contributed by atoms with Crippen molar-refractivity contribution < 1.29 is 13.9 Å². The number of aryl methyl sites for hydroxylation is 1. The molecule has 26 heavy (non-hydrogen) atoms. The number of hydrogen-bond donors (Lipinski definition) is 0. The van der Waals surface area contributed by atoms with Gasteiger partial charge in [0.25, 0.3) is 0 Å². The van der Waals surface area contributed by atoms with Gasteiger partial charge in [-0.15, -0.1) is 0 Å². The van der Waals surface area contributed by atoms with Crippen LogP contribution in [-0.2, 0) is 11.3 Å².